The van der Waals surface area contributed by atoms with Crippen molar-refractivity contribution < 1.29 is 4.79 Å². The maximum atomic E-state index is 12.8. The first-order valence-electron chi connectivity index (χ1n) is 10.7. The summed E-state index contributed by atoms with van der Waals surface area (Å²) in [4.78, 5) is 32.1. The summed E-state index contributed by atoms with van der Waals surface area (Å²) in [5, 5.41) is 3.02. The molecule has 1 aliphatic carbocycles. The highest BCUT2D eigenvalue weighted by Crippen LogP contribution is 2.33. The molecular formula is C23H26N6O. The van der Waals surface area contributed by atoms with E-state index in [-0.39, 0.29) is 11.8 Å². The number of hydrogen-bond donors (Lipinski definition) is 2. The van der Waals surface area contributed by atoms with Crippen molar-refractivity contribution in [1.29, 1.82) is 0 Å². The number of amides is 1. The SMILES string of the molecule is O=C(NCc1ncc[nH]1)C1CCCN(c2nc(-c3ccccc3)nc3c2CCC3)C1. The van der Waals surface area contributed by atoms with Crippen LogP contribution in [0.2, 0.25) is 0 Å². The van der Waals surface area contributed by atoms with Crippen molar-refractivity contribution in [2.45, 2.75) is 38.6 Å². The molecule has 7 heteroatoms. The van der Waals surface area contributed by atoms with Gasteiger partial charge in [0.2, 0.25) is 5.91 Å². The van der Waals surface area contributed by atoms with Gasteiger partial charge in [0.15, 0.2) is 5.82 Å². The first-order valence-corrected chi connectivity index (χ1v) is 10.7. The van der Waals surface area contributed by atoms with Gasteiger partial charge in [-0.1, -0.05) is 30.3 Å². The van der Waals surface area contributed by atoms with Crippen molar-refractivity contribution in [3.63, 3.8) is 0 Å². The van der Waals surface area contributed by atoms with Crippen LogP contribution in [0.3, 0.4) is 0 Å². The molecule has 0 bridgehead atoms. The Morgan fingerprint density at radius 2 is 2.07 bits per heavy atom. The predicted molar refractivity (Wildman–Crippen MR) is 115 cm³/mol. The van der Waals surface area contributed by atoms with Gasteiger partial charge in [0.25, 0.3) is 0 Å². The Morgan fingerprint density at radius 1 is 1.17 bits per heavy atom. The Labute approximate surface area is 176 Å². The lowest BCUT2D eigenvalue weighted by atomic mass is 9.96. The van der Waals surface area contributed by atoms with Crippen molar-refractivity contribution in [3.8, 4) is 11.4 Å². The smallest absolute Gasteiger partial charge is 0.225 e. The van der Waals surface area contributed by atoms with E-state index in [0.29, 0.717) is 13.1 Å². The van der Waals surface area contributed by atoms with Gasteiger partial charge in [0.1, 0.15) is 11.6 Å². The lowest BCUT2D eigenvalue weighted by Crippen LogP contribution is -2.43. The number of aryl methyl sites for hydroxylation is 1. The van der Waals surface area contributed by atoms with E-state index in [0.717, 1.165) is 61.7 Å². The van der Waals surface area contributed by atoms with Gasteiger partial charge in [-0.05, 0) is 32.1 Å². The minimum absolute atomic E-state index is 0.0408. The van der Waals surface area contributed by atoms with Crippen molar-refractivity contribution >= 4 is 11.7 Å². The minimum atomic E-state index is -0.0408. The molecule has 3 aromatic rings. The second-order valence-electron chi connectivity index (χ2n) is 8.05. The molecule has 7 nitrogen and oxygen atoms in total. The summed E-state index contributed by atoms with van der Waals surface area (Å²) in [6, 6.07) is 10.2. The number of fused-ring (bicyclic) bond motifs is 1. The minimum Gasteiger partial charge on any atom is -0.355 e. The van der Waals surface area contributed by atoms with Crippen LogP contribution < -0.4 is 10.2 Å². The lowest BCUT2D eigenvalue weighted by Gasteiger charge is -2.34. The molecule has 0 saturated carbocycles. The van der Waals surface area contributed by atoms with E-state index >= 15 is 0 Å². The Morgan fingerprint density at radius 3 is 2.90 bits per heavy atom. The predicted octanol–water partition coefficient (Wildman–Crippen LogP) is 2.89. The van der Waals surface area contributed by atoms with Gasteiger partial charge in [-0.25, -0.2) is 15.0 Å². The largest absolute Gasteiger partial charge is 0.355 e. The van der Waals surface area contributed by atoms with Gasteiger partial charge in [0.05, 0.1) is 12.5 Å². The molecular weight excluding hydrogens is 376 g/mol. The highest BCUT2D eigenvalue weighted by molar-refractivity contribution is 5.79. The standard InChI is InChI=1S/C23H26N6O/c30-23(26-14-20-24-11-12-25-20)17-8-5-13-29(15-17)22-18-9-4-10-19(18)27-21(28-22)16-6-2-1-3-7-16/h1-3,6-7,11-12,17H,4-5,8-10,13-15H2,(H,24,25)(H,26,30). The van der Waals surface area contributed by atoms with E-state index in [1.807, 2.05) is 18.2 Å². The van der Waals surface area contributed by atoms with Crippen LogP contribution in [0.5, 0.6) is 0 Å². The highest BCUT2D eigenvalue weighted by Gasteiger charge is 2.30. The summed E-state index contributed by atoms with van der Waals surface area (Å²) in [6.45, 7) is 2.06. The van der Waals surface area contributed by atoms with E-state index in [9.17, 15) is 4.79 Å². The van der Waals surface area contributed by atoms with Crippen LogP contribution in [0, 0.1) is 5.92 Å². The summed E-state index contributed by atoms with van der Waals surface area (Å²) in [7, 11) is 0. The number of imidazole rings is 1. The van der Waals surface area contributed by atoms with Crippen LogP contribution >= 0.6 is 0 Å². The molecule has 3 heterocycles. The van der Waals surface area contributed by atoms with Gasteiger partial charge in [-0.15, -0.1) is 0 Å². The zero-order valence-electron chi connectivity index (χ0n) is 17.0. The van der Waals surface area contributed by atoms with Crippen molar-refractivity contribution in [1.82, 2.24) is 25.3 Å². The molecule has 0 radical (unpaired) electrons. The van der Waals surface area contributed by atoms with Gasteiger partial charge < -0.3 is 15.2 Å². The van der Waals surface area contributed by atoms with Crippen molar-refractivity contribution in [2.75, 3.05) is 18.0 Å². The Balaban J connectivity index is 1.37. The fraction of sp³-hybridized carbons (Fsp3) is 0.391. The van der Waals surface area contributed by atoms with Crippen LogP contribution in [0.25, 0.3) is 11.4 Å². The number of benzene rings is 1. The van der Waals surface area contributed by atoms with Crippen molar-refractivity contribution in [3.05, 3.63) is 59.8 Å². The number of aromatic amines is 1. The number of aromatic nitrogens is 4. The second kappa shape index (κ2) is 8.26. The first-order chi connectivity index (χ1) is 14.8. The molecule has 1 unspecified atom stereocenters. The third-order valence-electron chi connectivity index (χ3n) is 6.02. The average molecular weight is 403 g/mol. The summed E-state index contributed by atoms with van der Waals surface area (Å²) in [6.07, 6.45) is 8.50. The zero-order valence-corrected chi connectivity index (χ0v) is 17.0. The molecule has 1 aliphatic heterocycles. The van der Waals surface area contributed by atoms with E-state index in [1.54, 1.807) is 12.4 Å². The lowest BCUT2D eigenvalue weighted by molar-refractivity contribution is -0.125. The van der Waals surface area contributed by atoms with Crippen LogP contribution in [-0.2, 0) is 24.2 Å². The molecule has 1 saturated heterocycles. The number of hydrogen-bond acceptors (Lipinski definition) is 5. The number of carbonyl (C=O) groups excluding carboxylic acids is 1. The van der Waals surface area contributed by atoms with Crippen LogP contribution in [0.15, 0.2) is 42.7 Å². The summed E-state index contributed by atoms with van der Waals surface area (Å²) in [5.74, 6) is 2.64. The van der Waals surface area contributed by atoms with Crippen LogP contribution in [-0.4, -0.2) is 38.9 Å². The molecule has 2 aromatic heterocycles. The molecule has 1 aromatic carbocycles. The quantitative estimate of drug-likeness (QED) is 0.685. The Kier molecular flexibility index (Phi) is 5.17. The summed E-state index contributed by atoms with van der Waals surface area (Å²) in [5.41, 5.74) is 3.48. The monoisotopic (exact) mass is 402 g/mol. The molecule has 30 heavy (non-hydrogen) atoms. The number of H-pyrrole nitrogens is 1. The third kappa shape index (κ3) is 3.79. The van der Waals surface area contributed by atoms with E-state index in [1.165, 1.54) is 11.3 Å². The number of rotatable bonds is 5. The maximum Gasteiger partial charge on any atom is 0.225 e. The maximum absolute atomic E-state index is 12.8. The number of carbonyl (C=O) groups is 1. The molecule has 1 amide bonds. The van der Waals surface area contributed by atoms with E-state index < -0.39 is 0 Å². The normalized spacial score (nSPS) is 18.3. The molecule has 2 aliphatic rings. The molecule has 5 rings (SSSR count). The Bertz CT molecular complexity index is 1020. The fourth-order valence-corrected chi connectivity index (χ4v) is 4.48. The molecule has 154 valence electrons. The fourth-order valence-electron chi connectivity index (χ4n) is 4.48. The molecule has 1 fully saturated rings. The molecule has 0 spiro atoms. The second-order valence-corrected chi connectivity index (χ2v) is 8.05. The highest BCUT2D eigenvalue weighted by atomic mass is 16.1. The molecule has 2 N–H and O–H groups in total. The van der Waals surface area contributed by atoms with Gasteiger partial charge >= 0.3 is 0 Å². The van der Waals surface area contributed by atoms with Crippen LogP contribution in [0.4, 0.5) is 5.82 Å². The van der Waals surface area contributed by atoms with E-state index in [4.69, 9.17) is 9.97 Å². The van der Waals surface area contributed by atoms with Gasteiger partial charge in [-0.3, -0.25) is 4.79 Å². The van der Waals surface area contributed by atoms with Crippen molar-refractivity contribution in [2.24, 2.45) is 5.92 Å². The number of nitrogens with one attached hydrogen (secondary N) is 2. The number of piperidine rings is 1. The number of anilines is 1. The average Bonchev–Trinajstić information content (AvgIpc) is 3.49. The van der Waals surface area contributed by atoms with Crippen LogP contribution in [0.1, 0.15) is 36.3 Å². The first kappa shape index (κ1) is 18.8. The van der Waals surface area contributed by atoms with Gasteiger partial charge in [-0.2, -0.15) is 0 Å². The van der Waals surface area contributed by atoms with Gasteiger partial charge in [0, 0.05) is 42.3 Å². The van der Waals surface area contributed by atoms with E-state index in [2.05, 4.69) is 32.3 Å². The third-order valence-corrected chi connectivity index (χ3v) is 6.02. The Hall–Kier alpha value is -3.22. The topological polar surface area (TPSA) is 86.8 Å². The zero-order chi connectivity index (χ0) is 20.3. The summed E-state index contributed by atoms with van der Waals surface area (Å²) >= 11 is 0. The number of nitrogens with zero attached hydrogens (tertiary/aromatic N) is 4. The molecule has 1 atom stereocenters. The summed E-state index contributed by atoms with van der Waals surface area (Å²) < 4.78 is 0.